The summed E-state index contributed by atoms with van der Waals surface area (Å²) in [5, 5.41) is 11.5. The number of H-pyrrole nitrogens is 1. The molecule has 0 unspecified atom stereocenters. The van der Waals surface area contributed by atoms with Crippen molar-refractivity contribution in [2.75, 3.05) is 16.2 Å². The van der Waals surface area contributed by atoms with Gasteiger partial charge in [-0.05, 0) is 48.0 Å². The van der Waals surface area contributed by atoms with E-state index in [1.807, 2.05) is 42.0 Å². The number of amides is 1. The molecule has 1 aromatic heterocycles. The summed E-state index contributed by atoms with van der Waals surface area (Å²) in [5.74, 6) is 6.39. The number of nitrogens with two attached hydrogens (primary N) is 1. The van der Waals surface area contributed by atoms with E-state index in [-0.39, 0.29) is 0 Å². The van der Waals surface area contributed by atoms with Crippen LogP contribution in [-0.2, 0) is 0 Å². The van der Waals surface area contributed by atoms with Crippen LogP contribution in [0.15, 0.2) is 66.9 Å². The van der Waals surface area contributed by atoms with Gasteiger partial charge < -0.3 is 4.74 Å². The molecule has 8 nitrogen and oxygen atoms in total. The molecule has 1 amide bonds. The molecule has 8 heteroatoms. The summed E-state index contributed by atoms with van der Waals surface area (Å²) in [5.41, 5.74) is 7.49. The largest absolute Gasteiger partial charge is 0.417 e. The molecule has 0 radical (unpaired) electrons. The summed E-state index contributed by atoms with van der Waals surface area (Å²) >= 11 is 0. The van der Waals surface area contributed by atoms with Crippen molar-refractivity contribution < 1.29 is 19.7 Å². The van der Waals surface area contributed by atoms with E-state index in [2.05, 4.69) is 15.7 Å². The molecule has 7 N–H and O–H groups in total. The highest BCUT2D eigenvalue weighted by molar-refractivity contribution is 5.87. The van der Waals surface area contributed by atoms with Crippen molar-refractivity contribution >= 4 is 23.3 Å². The van der Waals surface area contributed by atoms with Gasteiger partial charge in [0.1, 0.15) is 5.75 Å². The number of hydrogen-bond donors (Lipinski definition) is 5. The fraction of sp³-hybridized carbons (Fsp3) is 0. The minimum atomic E-state index is -0.610. The van der Waals surface area contributed by atoms with Crippen molar-refractivity contribution in [3.63, 3.8) is 0 Å². The molecular weight excluding hydrogens is 334 g/mol. The second-order valence-electron chi connectivity index (χ2n) is 5.37. The highest BCUT2D eigenvalue weighted by atomic mass is 16.6. The van der Waals surface area contributed by atoms with E-state index in [4.69, 9.17) is 15.8 Å². The van der Waals surface area contributed by atoms with Gasteiger partial charge in [-0.2, -0.15) is 11.3 Å². The summed E-state index contributed by atoms with van der Waals surface area (Å²) < 4.78 is 5.21. The van der Waals surface area contributed by atoms with Gasteiger partial charge in [-0.1, -0.05) is 12.1 Å². The highest BCUT2D eigenvalue weighted by Gasteiger charge is 2.07. The van der Waals surface area contributed by atoms with E-state index < -0.39 is 6.09 Å². The summed E-state index contributed by atoms with van der Waals surface area (Å²) in [4.78, 5) is 15.1. The van der Waals surface area contributed by atoms with Crippen LogP contribution in [0.2, 0.25) is 0 Å². The molecule has 0 aliphatic carbocycles. The van der Waals surface area contributed by atoms with Gasteiger partial charge >= 0.3 is 6.09 Å². The molecule has 132 valence electrons. The van der Waals surface area contributed by atoms with Crippen LogP contribution in [0.4, 0.5) is 22.0 Å². The lowest BCUT2D eigenvalue weighted by Crippen LogP contribution is -2.17. The van der Waals surface area contributed by atoms with Crippen molar-refractivity contribution in [2.45, 2.75) is 0 Å². The maximum absolute atomic E-state index is 12.0. The van der Waals surface area contributed by atoms with E-state index in [0.717, 1.165) is 11.1 Å². The van der Waals surface area contributed by atoms with Crippen molar-refractivity contribution in [3.8, 4) is 16.9 Å². The normalized spacial score (nSPS) is 10.1. The molecule has 2 aromatic carbocycles. The standard InChI is InChI=1S/C18H17N5O3/c19-22-17-9-4-13(11-20-17)12-2-1-3-15(10-12)21-18(24)26-16-7-5-14(23-25)6-8-16/h1-11,23,25H,19H2,(H,20,22)(H,21,24)/p+1. The van der Waals surface area contributed by atoms with Gasteiger partial charge in [0.2, 0.25) is 0 Å². The minimum absolute atomic E-state index is 0.358. The predicted molar refractivity (Wildman–Crippen MR) is 97.7 cm³/mol. The Morgan fingerprint density at radius 2 is 1.81 bits per heavy atom. The van der Waals surface area contributed by atoms with Gasteiger partial charge in [0.05, 0.1) is 11.9 Å². The first kappa shape index (κ1) is 17.2. The number of aromatic nitrogens is 1. The number of carbonyl (C=O) groups is 1. The molecule has 3 rings (SSSR count). The Morgan fingerprint density at radius 1 is 1.00 bits per heavy atom. The van der Waals surface area contributed by atoms with Crippen LogP contribution >= 0.6 is 0 Å². The SMILES string of the molecule is NNc1ccc(-c2cccc(NC(=O)Oc3ccc(NO)cc3)c2)c[nH+]1. The Kier molecular flexibility index (Phi) is 5.28. The van der Waals surface area contributed by atoms with Crippen LogP contribution in [0.5, 0.6) is 5.75 Å². The second kappa shape index (κ2) is 7.97. The summed E-state index contributed by atoms with van der Waals surface area (Å²) in [7, 11) is 0. The van der Waals surface area contributed by atoms with Crippen molar-refractivity contribution in [2.24, 2.45) is 5.84 Å². The number of nitrogens with one attached hydrogen (secondary N) is 4. The molecule has 3 aromatic rings. The number of hydrazine groups is 1. The smallest absolute Gasteiger partial charge is 0.410 e. The maximum Gasteiger partial charge on any atom is 0.417 e. The number of anilines is 3. The molecule has 26 heavy (non-hydrogen) atoms. The Bertz CT molecular complexity index is 882. The third kappa shape index (κ3) is 4.26. The molecule has 0 atom stereocenters. The van der Waals surface area contributed by atoms with Crippen LogP contribution in [0.25, 0.3) is 11.1 Å². The summed E-state index contributed by atoms with van der Waals surface area (Å²) in [6.07, 6.45) is 1.20. The lowest BCUT2D eigenvalue weighted by molar-refractivity contribution is -0.360. The first-order chi connectivity index (χ1) is 12.7. The van der Waals surface area contributed by atoms with E-state index >= 15 is 0 Å². The van der Waals surface area contributed by atoms with Crippen molar-refractivity contribution in [1.82, 2.24) is 0 Å². The Balaban J connectivity index is 1.68. The van der Waals surface area contributed by atoms with E-state index in [1.54, 1.807) is 30.3 Å². The van der Waals surface area contributed by atoms with Gasteiger partial charge in [0, 0.05) is 17.3 Å². The average Bonchev–Trinajstić information content (AvgIpc) is 2.69. The third-order valence-electron chi connectivity index (χ3n) is 3.60. The Labute approximate surface area is 149 Å². The molecule has 0 saturated carbocycles. The zero-order chi connectivity index (χ0) is 18.4. The molecule has 0 fully saturated rings. The van der Waals surface area contributed by atoms with Crippen LogP contribution in [-0.4, -0.2) is 11.3 Å². The van der Waals surface area contributed by atoms with Crippen LogP contribution in [0.1, 0.15) is 0 Å². The molecule has 0 bridgehead atoms. The van der Waals surface area contributed by atoms with Gasteiger partial charge in [-0.15, -0.1) is 0 Å². The van der Waals surface area contributed by atoms with E-state index in [9.17, 15) is 4.79 Å². The highest BCUT2D eigenvalue weighted by Crippen LogP contribution is 2.22. The third-order valence-corrected chi connectivity index (χ3v) is 3.60. The molecule has 0 spiro atoms. The molecule has 1 heterocycles. The first-order valence-electron chi connectivity index (χ1n) is 7.76. The zero-order valence-electron chi connectivity index (χ0n) is 13.7. The maximum atomic E-state index is 12.0. The fourth-order valence-corrected chi connectivity index (χ4v) is 2.32. The summed E-state index contributed by atoms with van der Waals surface area (Å²) in [6, 6.07) is 17.4. The Hall–Kier alpha value is -3.62. The van der Waals surface area contributed by atoms with Gasteiger partial charge in [-0.25, -0.2) is 9.78 Å². The van der Waals surface area contributed by atoms with E-state index in [0.29, 0.717) is 22.9 Å². The molecule has 0 saturated heterocycles. The van der Waals surface area contributed by atoms with Gasteiger partial charge in [-0.3, -0.25) is 16.0 Å². The fourth-order valence-electron chi connectivity index (χ4n) is 2.32. The topological polar surface area (TPSA) is 123 Å². The lowest BCUT2D eigenvalue weighted by Gasteiger charge is -2.08. The van der Waals surface area contributed by atoms with Gasteiger partial charge in [0.25, 0.3) is 5.82 Å². The minimum Gasteiger partial charge on any atom is -0.410 e. The zero-order valence-corrected chi connectivity index (χ0v) is 13.7. The number of ether oxygens (including phenoxy) is 1. The molecule has 0 aliphatic rings. The molecular formula is C18H18N5O3+. The number of carbonyl (C=O) groups excluding carboxylic acids is 1. The van der Waals surface area contributed by atoms with Gasteiger partial charge in [0.15, 0.2) is 0 Å². The van der Waals surface area contributed by atoms with Crippen LogP contribution in [0.3, 0.4) is 0 Å². The molecule has 0 aliphatic heterocycles. The quantitative estimate of drug-likeness (QED) is 0.355. The monoisotopic (exact) mass is 352 g/mol. The lowest BCUT2D eigenvalue weighted by atomic mass is 10.1. The van der Waals surface area contributed by atoms with Crippen molar-refractivity contribution in [3.05, 3.63) is 66.9 Å². The average molecular weight is 352 g/mol. The number of rotatable bonds is 5. The number of hydrogen-bond acceptors (Lipinski definition) is 6. The van der Waals surface area contributed by atoms with Crippen molar-refractivity contribution in [1.29, 1.82) is 0 Å². The van der Waals surface area contributed by atoms with Crippen LogP contribution < -0.4 is 31.8 Å². The Morgan fingerprint density at radius 3 is 2.46 bits per heavy atom. The number of nitrogen functional groups attached to an aromatic ring is 1. The number of aromatic amines is 1. The number of pyridine rings is 1. The van der Waals surface area contributed by atoms with Crippen LogP contribution in [0, 0.1) is 0 Å². The predicted octanol–water partition coefficient (Wildman–Crippen LogP) is 2.87. The number of benzene rings is 2. The first-order valence-corrected chi connectivity index (χ1v) is 7.76. The second-order valence-corrected chi connectivity index (χ2v) is 5.37. The summed E-state index contributed by atoms with van der Waals surface area (Å²) in [6.45, 7) is 0. The van der Waals surface area contributed by atoms with E-state index in [1.165, 1.54) is 0 Å².